The highest BCUT2D eigenvalue weighted by Gasteiger charge is 2.08. The molecule has 0 saturated carbocycles. The van der Waals surface area contributed by atoms with Crippen LogP contribution in [0.1, 0.15) is 32.6 Å². The van der Waals surface area contributed by atoms with Crippen molar-refractivity contribution < 1.29 is 9.90 Å². The van der Waals surface area contributed by atoms with E-state index < -0.39 is 5.97 Å². The van der Waals surface area contributed by atoms with Crippen molar-refractivity contribution >= 4 is 17.7 Å². The van der Waals surface area contributed by atoms with E-state index in [1.807, 2.05) is 0 Å². The number of carboxylic acid groups (broad SMARTS) is 1. The second-order valence-electron chi connectivity index (χ2n) is 3.43. The number of aromatic nitrogens is 4. The number of rotatable bonds is 8. The lowest BCUT2D eigenvalue weighted by Crippen LogP contribution is -2.05. The number of unbranched alkanes of at least 4 members (excludes halogenated alkanes) is 3. The molecule has 1 aromatic heterocycles. The molecule has 90 valence electrons. The Labute approximate surface area is 98.4 Å². The summed E-state index contributed by atoms with van der Waals surface area (Å²) < 4.78 is 1.67. The molecule has 0 radical (unpaired) electrons. The number of aryl methyl sites for hydroxylation is 1. The molecule has 1 heterocycles. The molecule has 0 aromatic carbocycles. The first-order valence-corrected chi connectivity index (χ1v) is 6.33. The highest BCUT2D eigenvalue weighted by atomic mass is 32.2. The molecular weight excluding hydrogens is 228 g/mol. The fraction of sp³-hybridized carbons (Fsp3) is 0.778. The molecule has 0 fully saturated rings. The van der Waals surface area contributed by atoms with E-state index in [1.165, 1.54) is 12.8 Å². The molecule has 16 heavy (non-hydrogen) atoms. The molecule has 1 aromatic rings. The fourth-order valence-electron chi connectivity index (χ4n) is 1.25. The van der Waals surface area contributed by atoms with Crippen molar-refractivity contribution in [1.29, 1.82) is 0 Å². The smallest absolute Gasteiger partial charge is 0.313 e. The lowest BCUT2D eigenvalue weighted by Gasteiger charge is -2.02. The Kier molecular flexibility index (Phi) is 5.84. The van der Waals surface area contributed by atoms with Crippen LogP contribution in [-0.2, 0) is 11.3 Å². The number of hydrogen-bond acceptors (Lipinski definition) is 5. The Morgan fingerprint density at radius 2 is 2.25 bits per heavy atom. The van der Waals surface area contributed by atoms with Crippen LogP contribution >= 0.6 is 11.8 Å². The fourth-order valence-corrected chi connectivity index (χ4v) is 1.88. The van der Waals surface area contributed by atoms with E-state index in [1.54, 1.807) is 4.68 Å². The summed E-state index contributed by atoms with van der Waals surface area (Å²) in [6.45, 7) is 2.92. The maximum absolute atomic E-state index is 10.4. The molecule has 6 nitrogen and oxygen atoms in total. The SMILES string of the molecule is CCCCCCn1nnnc1SCC(=O)O. The van der Waals surface area contributed by atoms with Gasteiger partial charge in [-0.15, -0.1) is 5.10 Å². The maximum atomic E-state index is 10.4. The van der Waals surface area contributed by atoms with Crippen LogP contribution in [0.5, 0.6) is 0 Å². The van der Waals surface area contributed by atoms with E-state index in [-0.39, 0.29) is 5.75 Å². The summed E-state index contributed by atoms with van der Waals surface area (Å²) in [6.07, 6.45) is 4.58. The van der Waals surface area contributed by atoms with E-state index in [4.69, 9.17) is 5.11 Å². The van der Waals surface area contributed by atoms with Gasteiger partial charge in [-0.3, -0.25) is 4.79 Å². The van der Waals surface area contributed by atoms with Crippen LogP contribution in [0.3, 0.4) is 0 Å². The van der Waals surface area contributed by atoms with Crippen LogP contribution in [0.4, 0.5) is 0 Å². The van der Waals surface area contributed by atoms with Crippen molar-refractivity contribution in [3.8, 4) is 0 Å². The standard InChI is InChI=1S/C9H16N4O2S/c1-2-3-4-5-6-13-9(10-11-12-13)16-7-8(14)15/h2-7H2,1H3,(H,14,15). The third kappa shape index (κ3) is 4.61. The number of thioether (sulfide) groups is 1. The molecule has 1 N–H and O–H groups in total. The van der Waals surface area contributed by atoms with E-state index in [9.17, 15) is 4.79 Å². The molecule has 0 amide bonds. The molecule has 0 atom stereocenters. The van der Waals surface area contributed by atoms with Gasteiger partial charge in [-0.1, -0.05) is 37.9 Å². The second kappa shape index (κ2) is 7.21. The summed E-state index contributed by atoms with van der Waals surface area (Å²) in [4.78, 5) is 10.4. The predicted octanol–water partition coefficient (Wildman–Crippen LogP) is 1.43. The Balaban J connectivity index is 2.35. The van der Waals surface area contributed by atoms with Crippen molar-refractivity contribution in [3.63, 3.8) is 0 Å². The Morgan fingerprint density at radius 3 is 2.94 bits per heavy atom. The Hall–Kier alpha value is -1.11. The summed E-state index contributed by atoms with van der Waals surface area (Å²) in [5, 5.41) is 20.3. The summed E-state index contributed by atoms with van der Waals surface area (Å²) in [7, 11) is 0. The number of carbonyl (C=O) groups is 1. The number of nitrogens with zero attached hydrogens (tertiary/aromatic N) is 4. The van der Waals surface area contributed by atoms with Crippen LogP contribution in [0.15, 0.2) is 5.16 Å². The first-order valence-electron chi connectivity index (χ1n) is 5.34. The van der Waals surface area contributed by atoms with Gasteiger partial charge >= 0.3 is 5.97 Å². The van der Waals surface area contributed by atoms with Gasteiger partial charge in [-0.05, 0) is 16.8 Å². The van der Waals surface area contributed by atoms with Crippen LogP contribution < -0.4 is 0 Å². The van der Waals surface area contributed by atoms with Crippen molar-refractivity contribution in [3.05, 3.63) is 0 Å². The van der Waals surface area contributed by atoms with Crippen LogP contribution in [0.2, 0.25) is 0 Å². The molecule has 0 spiro atoms. The van der Waals surface area contributed by atoms with Crippen molar-refractivity contribution in [1.82, 2.24) is 20.2 Å². The van der Waals surface area contributed by atoms with E-state index in [0.717, 1.165) is 31.1 Å². The largest absolute Gasteiger partial charge is 0.481 e. The van der Waals surface area contributed by atoms with Gasteiger partial charge in [0.1, 0.15) is 0 Å². The summed E-state index contributed by atoms with van der Waals surface area (Å²) in [6, 6.07) is 0. The van der Waals surface area contributed by atoms with Crippen molar-refractivity contribution in [2.24, 2.45) is 0 Å². The van der Waals surface area contributed by atoms with E-state index in [0.29, 0.717) is 5.16 Å². The molecule has 0 bridgehead atoms. The minimum absolute atomic E-state index is 0.00463. The van der Waals surface area contributed by atoms with Gasteiger partial charge in [-0.2, -0.15) is 0 Å². The first kappa shape index (κ1) is 13.0. The van der Waals surface area contributed by atoms with Gasteiger partial charge in [0, 0.05) is 6.54 Å². The number of hydrogen-bond donors (Lipinski definition) is 1. The van der Waals surface area contributed by atoms with Gasteiger partial charge in [-0.25, -0.2) is 4.68 Å². The Morgan fingerprint density at radius 1 is 1.44 bits per heavy atom. The van der Waals surface area contributed by atoms with Crippen molar-refractivity contribution in [2.75, 3.05) is 5.75 Å². The molecule has 0 aliphatic rings. The van der Waals surface area contributed by atoms with Crippen LogP contribution in [0, 0.1) is 0 Å². The van der Waals surface area contributed by atoms with E-state index in [2.05, 4.69) is 22.4 Å². The van der Waals surface area contributed by atoms with Gasteiger partial charge in [0.2, 0.25) is 5.16 Å². The van der Waals surface area contributed by atoms with Crippen LogP contribution in [-0.4, -0.2) is 37.0 Å². The minimum Gasteiger partial charge on any atom is -0.481 e. The highest BCUT2D eigenvalue weighted by Crippen LogP contribution is 2.13. The lowest BCUT2D eigenvalue weighted by molar-refractivity contribution is -0.133. The summed E-state index contributed by atoms with van der Waals surface area (Å²) in [5.74, 6) is -0.861. The second-order valence-corrected chi connectivity index (χ2v) is 4.37. The monoisotopic (exact) mass is 244 g/mol. The number of carboxylic acids is 1. The molecular formula is C9H16N4O2S. The summed E-state index contributed by atoms with van der Waals surface area (Å²) in [5.41, 5.74) is 0. The summed E-state index contributed by atoms with van der Waals surface area (Å²) >= 11 is 1.15. The average Bonchev–Trinajstić information content (AvgIpc) is 2.69. The van der Waals surface area contributed by atoms with Crippen molar-refractivity contribution in [2.45, 2.75) is 44.3 Å². The maximum Gasteiger partial charge on any atom is 0.313 e. The lowest BCUT2D eigenvalue weighted by atomic mass is 10.2. The zero-order valence-corrected chi connectivity index (χ0v) is 10.1. The number of tetrazole rings is 1. The van der Waals surface area contributed by atoms with Gasteiger partial charge in [0.25, 0.3) is 0 Å². The van der Waals surface area contributed by atoms with Gasteiger partial charge in [0.05, 0.1) is 5.75 Å². The minimum atomic E-state index is -0.856. The average molecular weight is 244 g/mol. The molecule has 0 aliphatic heterocycles. The quantitative estimate of drug-likeness (QED) is 0.550. The predicted molar refractivity (Wildman–Crippen MR) is 60.3 cm³/mol. The number of aliphatic carboxylic acids is 1. The van der Waals surface area contributed by atoms with Crippen LogP contribution in [0.25, 0.3) is 0 Å². The topological polar surface area (TPSA) is 80.9 Å². The Bertz CT molecular complexity index is 329. The molecule has 1 rings (SSSR count). The molecule has 0 aliphatic carbocycles. The van der Waals surface area contributed by atoms with Gasteiger partial charge in [0.15, 0.2) is 0 Å². The molecule has 0 saturated heterocycles. The zero-order valence-electron chi connectivity index (χ0n) is 9.30. The first-order chi connectivity index (χ1) is 7.74. The zero-order chi connectivity index (χ0) is 11.8. The van der Waals surface area contributed by atoms with E-state index >= 15 is 0 Å². The molecule has 7 heteroatoms. The third-order valence-corrected chi connectivity index (χ3v) is 2.99. The van der Waals surface area contributed by atoms with Gasteiger partial charge < -0.3 is 5.11 Å². The molecule has 0 unspecified atom stereocenters. The highest BCUT2D eigenvalue weighted by molar-refractivity contribution is 7.99. The third-order valence-electron chi connectivity index (χ3n) is 2.05. The normalized spacial score (nSPS) is 10.6.